The number of amides is 2. The molecule has 3 N–H and O–H groups in total. The molecule has 0 bridgehead atoms. The minimum absolute atomic E-state index is 0.0593. The molecule has 126 valence electrons. The Morgan fingerprint density at radius 3 is 2.62 bits per heavy atom. The van der Waals surface area contributed by atoms with Crippen molar-refractivity contribution in [2.45, 2.75) is 13.3 Å². The van der Waals surface area contributed by atoms with Crippen LogP contribution in [-0.4, -0.2) is 27.9 Å². The van der Waals surface area contributed by atoms with Gasteiger partial charge in [-0.15, -0.1) is 0 Å². The van der Waals surface area contributed by atoms with Crippen LogP contribution >= 0.6 is 0 Å². The molecule has 2 amide bonds. The molecule has 8 nitrogen and oxygen atoms in total. The summed E-state index contributed by atoms with van der Waals surface area (Å²) in [4.78, 5) is 48.7. The van der Waals surface area contributed by atoms with Crippen LogP contribution in [0.5, 0.6) is 0 Å². The predicted octanol–water partition coefficient (Wildman–Crippen LogP) is 0.141. The zero-order valence-electron chi connectivity index (χ0n) is 13.4. The molecule has 0 saturated carbocycles. The lowest BCUT2D eigenvalue weighted by atomic mass is 10.2. The number of rotatable bonds is 5. The van der Waals surface area contributed by atoms with Gasteiger partial charge in [0, 0.05) is 31.9 Å². The molecule has 0 aliphatic rings. The molecule has 0 aliphatic heterocycles. The van der Waals surface area contributed by atoms with E-state index in [0.717, 1.165) is 16.3 Å². The van der Waals surface area contributed by atoms with E-state index in [2.05, 4.69) is 10.6 Å². The zero-order chi connectivity index (χ0) is 17.7. The van der Waals surface area contributed by atoms with E-state index in [0.29, 0.717) is 5.69 Å². The molecule has 2 rings (SSSR count). The monoisotopic (exact) mass is 330 g/mol. The predicted molar refractivity (Wildman–Crippen MR) is 89.1 cm³/mol. The van der Waals surface area contributed by atoms with Crippen molar-refractivity contribution in [3.63, 3.8) is 0 Å². The van der Waals surface area contributed by atoms with Gasteiger partial charge >= 0.3 is 5.69 Å². The van der Waals surface area contributed by atoms with E-state index >= 15 is 0 Å². The Hall–Kier alpha value is -3.16. The van der Waals surface area contributed by atoms with Crippen molar-refractivity contribution in [3.8, 4) is 0 Å². The highest BCUT2D eigenvalue weighted by Crippen LogP contribution is 2.12. The summed E-state index contributed by atoms with van der Waals surface area (Å²) in [6.45, 7) is 1.95. The number of aromatic nitrogens is 2. The molecular weight excluding hydrogens is 312 g/mol. The van der Waals surface area contributed by atoms with E-state index in [9.17, 15) is 19.2 Å². The van der Waals surface area contributed by atoms with Gasteiger partial charge in [-0.3, -0.25) is 19.4 Å². The minimum atomic E-state index is -0.764. The van der Waals surface area contributed by atoms with Crippen LogP contribution in [-0.2, 0) is 11.8 Å². The highest BCUT2D eigenvalue weighted by molar-refractivity contribution is 5.95. The van der Waals surface area contributed by atoms with Gasteiger partial charge in [0.2, 0.25) is 5.91 Å². The summed E-state index contributed by atoms with van der Waals surface area (Å²) in [5.41, 5.74) is 0.0977. The summed E-state index contributed by atoms with van der Waals surface area (Å²) in [5, 5.41) is 5.23. The van der Waals surface area contributed by atoms with Crippen LogP contribution < -0.4 is 21.9 Å². The van der Waals surface area contributed by atoms with E-state index in [1.165, 1.54) is 7.05 Å². The molecular formula is C16H18N4O4. The molecule has 1 aromatic carbocycles. The third-order valence-corrected chi connectivity index (χ3v) is 3.41. The number of para-hydroxylation sites is 1. The van der Waals surface area contributed by atoms with Crippen LogP contribution in [0, 0.1) is 6.92 Å². The van der Waals surface area contributed by atoms with Crippen molar-refractivity contribution in [1.82, 2.24) is 14.9 Å². The maximum Gasteiger partial charge on any atom is 0.328 e. The van der Waals surface area contributed by atoms with Gasteiger partial charge in [-0.2, -0.15) is 0 Å². The van der Waals surface area contributed by atoms with Crippen LogP contribution in [0.2, 0.25) is 0 Å². The molecule has 1 aromatic heterocycles. The Labute approximate surface area is 137 Å². The first-order chi connectivity index (χ1) is 11.4. The molecule has 0 fully saturated rings. The van der Waals surface area contributed by atoms with Gasteiger partial charge in [-0.1, -0.05) is 18.2 Å². The minimum Gasteiger partial charge on any atom is -0.351 e. The number of aryl methyl sites for hydroxylation is 2. The van der Waals surface area contributed by atoms with Gasteiger partial charge in [-0.05, 0) is 18.6 Å². The second kappa shape index (κ2) is 7.40. The smallest absolute Gasteiger partial charge is 0.328 e. The number of H-pyrrole nitrogens is 1. The molecule has 0 unspecified atom stereocenters. The van der Waals surface area contributed by atoms with Crippen molar-refractivity contribution in [3.05, 3.63) is 62.4 Å². The van der Waals surface area contributed by atoms with Crippen molar-refractivity contribution in [2.24, 2.45) is 7.05 Å². The molecule has 24 heavy (non-hydrogen) atoms. The number of benzene rings is 1. The lowest BCUT2D eigenvalue weighted by molar-refractivity contribution is -0.116. The molecule has 0 aliphatic carbocycles. The number of nitrogens with one attached hydrogen (secondary N) is 3. The summed E-state index contributed by atoms with van der Waals surface area (Å²) in [7, 11) is 1.42. The van der Waals surface area contributed by atoms with Gasteiger partial charge < -0.3 is 15.2 Å². The number of aromatic amines is 1. The summed E-state index contributed by atoms with van der Waals surface area (Å²) in [6, 6.07) is 7.35. The highest BCUT2D eigenvalue weighted by atomic mass is 16.2. The first-order valence-electron chi connectivity index (χ1n) is 7.32. The van der Waals surface area contributed by atoms with Crippen LogP contribution in [0.25, 0.3) is 0 Å². The largest absolute Gasteiger partial charge is 0.351 e. The fourth-order valence-corrected chi connectivity index (χ4v) is 2.04. The maximum absolute atomic E-state index is 11.9. The summed E-state index contributed by atoms with van der Waals surface area (Å²) < 4.78 is 1.10. The van der Waals surface area contributed by atoms with Gasteiger partial charge in [0.05, 0.1) is 0 Å². The first kappa shape index (κ1) is 17.2. The number of carbonyl (C=O) groups is 2. The SMILES string of the molecule is Cc1ccccc1NC(=O)CCNC(=O)c1cn(C)c(=O)[nH]c1=O. The lowest BCUT2D eigenvalue weighted by Gasteiger charge is -2.09. The second-order valence-corrected chi connectivity index (χ2v) is 5.28. The Balaban J connectivity index is 1.90. The lowest BCUT2D eigenvalue weighted by Crippen LogP contribution is -2.37. The Morgan fingerprint density at radius 1 is 1.21 bits per heavy atom. The fourth-order valence-electron chi connectivity index (χ4n) is 2.04. The van der Waals surface area contributed by atoms with E-state index in [1.807, 2.05) is 30.1 Å². The molecule has 1 heterocycles. The summed E-state index contributed by atoms with van der Waals surface area (Å²) in [6.07, 6.45) is 1.22. The van der Waals surface area contributed by atoms with Crippen molar-refractivity contribution in [2.75, 3.05) is 11.9 Å². The van der Waals surface area contributed by atoms with E-state index < -0.39 is 17.2 Å². The summed E-state index contributed by atoms with van der Waals surface area (Å²) >= 11 is 0. The number of carbonyl (C=O) groups excluding carboxylic acids is 2. The Bertz CT molecular complexity index is 882. The van der Waals surface area contributed by atoms with E-state index in [-0.39, 0.29) is 24.4 Å². The van der Waals surface area contributed by atoms with Crippen LogP contribution in [0.15, 0.2) is 40.1 Å². The second-order valence-electron chi connectivity index (χ2n) is 5.28. The standard InChI is InChI=1S/C16H18N4O4/c1-10-5-3-4-6-12(10)18-13(21)7-8-17-14(22)11-9-20(2)16(24)19-15(11)23/h3-6,9H,7-8H2,1-2H3,(H,17,22)(H,18,21)(H,19,23,24). The molecule has 0 spiro atoms. The molecule has 0 radical (unpaired) electrons. The molecule has 0 atom stereocenters. The maximum atomic E-state index is 11.9. The Kier molecular flexibility index (Phi) is 5.31. The average Bonchev–Trinajstić information content (AvgIpc) is 2.53. The molecule has 8 heteroatoms. The van der Waals surface area contributed by atoms with E-state index in [4.69, 9.17) is 0 Å². The van der Waals surface area contributed by atoms with Crippen molar-refractivity contribution >= 4 is 17.5 Å². The van der Waals surface area contributed by atoms with Crippen molar-refractivity contribution in [1.29, 1.82) is 0 Å². The summed E-state index contributed by atoms with van der Waals surface area (Å²) in [5.74, 6) is -0.894. The highest BCUT2D eigenvalue weighted by Gasteiger charge is 2.12. The third-order valence-electron chi connectivity index (χ3n) is 3.41. The number of hydrogen-bond acceptors (Lipinski definition) is 4. The number of nitrogens with zero attached hydrogens (tertiary/aromatic N) is 1. The van der Waals surface area contributed by atoms with Crippen LogP contribution in [0.1, 0.15) is 22.3 Å². The van der Waals surface area contributed by atoms with Gasteiger partial charge in [-0.25, -0.2) is 4.79 Å². The number of anilines is 1. The Morgan fingerprint density at radius 2 is 1.92 bits per heavy atom. The fraction of sp³-hybridized carbons (Fsp3) is 0.250. The molecule has 2 aromatic rings. The number of hydrogen-bond donors (Lipinski definition) is 3. The van der Waals surface area contributed by atoms with Gasteiger partial charge in [0.15, 0.2) is 0 Å². The van der Waals surface area contributed by atoms with Crippen molar-refractivity contribution < 1.29 is 9.59 Å². The first-order valence-corrected chi connectivity index (χ1v) is 7.32. The third kappa shape index (κ3) is 4.19. The van der Waals surface area contributed by atoms with E-state index in [1.54, 1.807) is 6.07 Å². The van der Waals surface area contributed by atoms with Crippen LogP contribution in [0.3, 0.4) is 0 Å². The van der Waals surface area contributed by atoms with Crippen LogP contribution in [0.4, 0.5) is 5.69 Å². The topological polar surface area (TPSA) is 113 Å². The van der Waals surface area contributed by atoms with Gasteiger partial charge in [0.25, 0.3) is 11.5 Å². The zero-order valence-corrected chi connectivity index (χ0v) is 13.4. The average molecular weight is 330 g/mol. The molecule has 0 saturated heterocycles. The quantitative estimate of drug-likeness (QED) is 0.723. The van der Waals surface area contributed by atoms with Gasteiger partial charge in [0.1, 0.15) is 5.56 Å². The normalized spacial score (nSPS) is 10.2.